The number of carboxylic acids is 1. The molecule has 17 heavy (non-hydrogen) atoms. The quantitative estimate of drug-likeness (QED) is 0.614. The van der Waals surface area contributed by atoms with Gasteiger partial charge in [0.15, 0.2) is 0 Å². The fourth-order valence-corrected chi connectivity index (χ4v) is 1.000. The van der Waals surface area contributed by atoms with Crippen LogP contribution in [0.3, 0.4) is 0 Å². The van der Waals surface area contributed by atoms with Crippen LogP contribution < -0.4 is 10.8 Å². The third kappa shape index (κ3) is 9.08. The summed E-state index contributed by atoms with van der Waals surface area (Å²) in [5.41, 5.74) is 6.40. The summed E-state index contributed by atoms with van der Waals surface area (Å²) in [6, 6.07) is 8.45. The highest BCUT2D eigenvalue weighted by Gasteiger charge is 1.87. The molecule has 3 nitrogen and oxygen atoms in total. The van der Waals surface area contributed by atoms with E-state index in [1.807, 2.05) is 0 Å². The first-order chi connectivity index (χ1) is 8.10. The second kappa shape index (κ2) is 9.36. The Labute approximate surface area is 102 Å². The first-order valence-electron chi connectivity index (χ1n) is 5.45. The minimum Gasteiger partial charge on any atom is -0.545 e. The van der Waals surface area contributed by atoms with Crippen molar-refractivity contribution in [1.82, 2.24) is 0 Å². The summed E-state index contributed by atoms with van der Waals surface area (Å²) in [5.74, 6) is -1.16. The summed E-state index contributed by atoms with van der Waals surface area (Å²) in [5, 5.41) is 9.64. The van der Waals surface area contributed by atoms with Crippen molar-refractivity contribution >= 4 is 5.97 Å². The number of hydrogen-bond donors (Lipinski definition) is 1. The van der Waals surface area contributed by atoms with Crippen LogP contribution in [0.2, 0.25) is 0 Å². The molecule has 0 saturated carbocycles. The van der Waals surface area contributed by atoms with E-state index in [2.05, 4.69) is 36.9 Å². The zero-order chi connectivity index (χ0) is 13.1. The van der Waals surface area contributed by atoms with Gasteiger partial charge in [-0.05, 0) is 19.9 Å². The van der Waals surface area contributed by atoms with Gasteiger partial charge in [-0.25, -0.2) is 0 Å². The monoisotopic (exact) mass is 233 g/mol. The number of aliphatic carboxylic acids is 1. The molecule has 0 spiro atoms. The SMILES string of the molecule is C/C=C/C=C/C(=O)[O-].Cc1ccc(C[NH3+])cc1. The lowest BCUT2D eigenvalue weighted by Gasteiger charge is -1.92. The van der Waals surface area contributed by atoms with Gasteiger partial charge in [0.25, 0.3) is 0 Å². The van der Waals surface area contributed by atoms with Crippen molar-refractivity contribution in [3.63, 3.8) is 0 Å². The van der Waals surface area contributed by atoms with Gasteiger partial charge >= 0.3 is 0 Å². The van der Waals surface area contributed by atoms with Gasteiger partial charge in [0, 0.05) is 5.56 Å². The zero-order valence-electron chi connectivity index (χ0n) is 10.3. The largest absolute Gasteiger partial charge is 0.545 e. The molecule has 1 aromatic rings. The molecule has 0 fully saturated rings. The van der Waals surface area contributed by atoms with Crippen molar-refractivity contribution in [2.45, 2.75) is 20.4 Å². The topological polar surface area (TPSA) is 67.8 Å². The maximum atomic E-state index is 9.64. The second-order valence-electron chi connectivity index (χ2n) is 3.44. The number of aryl methyl sites for hydroxylation is 1. The molecule has 0 aliphatic rings. The minimum atomic E-state index is -1.16. The van der Waals surface area contributed by atoms with Crippen LogP contribution in [0.25, 0.3) is 0 Å². The second-order valence-corrected chi connectivity index (χ2v) is 3.44. The smallest absolute Gasteiger partial charge is 0.0997 e. The number of benzene rings is 1. The Morgan fingerprint density at radius 3 is 2.29 bits per heavy atom. The van der Waals surface area contributed by atoms with Crippen LogP contribution in [-0.4, -0.2) is 5.97 Å². The van der Waals surface area contributed by atoms with Crippen LogP contribution >= 0.6 is 0 Å². The van der Waals surface area contributed by atoms with E-state index in [-0.39, 0.29) is 0 Å². The minimum absolute atomic E-state index is 0.889. The van der Waals surface area contributed by atoms with Gasteiger partial charge in [-0.15, -0.1) is 0 Å². The average Bonchev–Trinajstić information content (AvgIpc) is 2.31. The Morgan fingerprint density at radius 1 is 1.29 bits per heavy atom. The van der Waals surface area contributed by atoms with Crippen LogP contribution in [-0.2, 0) is 11.3 Å². The standard InChI is InChI=1S/C8H11N.C6H8O2/c1-7-2-4-8(6-9)5-3-7;1-2-3-4-5-6(7)8/h2-5H,6,9H2,1H3;2-5H,1H3,(H,7,8)/b;3-2+,5-4+. The van der Waals surface area contributed by atoms with Gasteiger partial charge in [-0.2, -0.15) is 0 Å². The molecule has 0 bridgehead atoms. The van der Waals surface area contributed by atoms with Crippen molar-refractivity contribution < 1.29 is 15.6 Å². The number of hydrogen-bond acceptors (Lipinski definition) is 2. The van der Waals surface area contributed by atoms with E-state index in [1.54, 1.807) is 19.1 Å². The van der Waals surface area contributed by atoms with E-state index in [9.17, 15) is 9.90 Å². The molecule has 1 rings (SSSR count). The Balaban J connectivity index is 0.000000304. The van der Waals surface area contributed by atoms with E-state index in [0.717, 1.165) is 12.6 Å². The Kier molecular flexibility index (Phi) is 8.33. The Morgan fingerprint density at radius 2 is 1.88 bits per heavy atom. The highest BCUT2D eigenvalue weighted by atomic mass is 16.4. The van der Waals surface area contributed by atoms with Gasteiger partial charge in [-0.3, -0.25) is 0 Å². The first kappa shape index (κ1) is 15.1. The van der Waals surface area contributed by atoms with Crippen LogP contribution in [0.15, 0.2) is 48.6 Å². The van der Waals surface area contributed by atoms with Crippen LogP contribution in [0.1, 0.15) is 18.1 Å². The molecule has 0 aliphatic heterocycles. The van der Waals surface area contributed by atoms with Gasteiger partial charge in [0.1, 0.15) is 0 Å². The van der Waals surface area contributed by atoms with E-state index >= 15 is 0 Å². The van der Waals surface area contributed by atoms with Crippen molar-refractivity contribution in [2.24, 2.45) is 0 Å². The number of rotatable bonds is 3. The highest BCUT2D eigenvalue weighted by Crippen LogP contribution is 2.00. The van der Waals surface area contributed by atoms with E-state index in [4.69, 9.17) is 0 Å². The fourth-order valence-electron chi connectivity index (χ4n) is 1.000. The molecule has 92 valence electrons. The maximum absolute atomic E-state index is 9.64. The summed E-state index contributed by atoms with van der Waals surface area (Å²) in [4.78, 5) is 9.64. The molecule has 1 aromatic carbocycles. The number of carbonyl (C=O) groups is 1. The zero-order valence-corrected chi connectivity index (χ0v) is 10.3. The lowest BCUT2D eigenvalue weighted by atomic mass is 10.2. The van der Waals surface area contributed by atoms with Crippen LogP contribution in [0.4, 0.5) is 0 Å². The van der Waals surface area contributed by atoms with Crippen molar-refractivity contribution in [2.75, 3.05) is 0 Å². The predicted molar refractivity (Wildman–Crippen MR) is 66.7 cm³/mol. The van der Waals surface area contributed by atoms with Crippen molar-refractivity contribution in [3.8, 4) is 0 Å². The van der Waals surface area contributed by atoms with Gasteiger partial charge in [-0.1, -0.05) is 48.1 Å². The molecule has 0 unspecified atom stereocenters. The van der Waals surface area contributed by atoms with Gasteiger partial charge in [0.2, 0.25) is 0 Å². The third-order valence-corrected chi connectivity index (χ3v) is 1.95. The Bertz CT molecular complexity index is 378. The lowest BCUT2D eigenvalue weighted by Crippen LogP contribution is -2.47. The number of carbonyl (C=O) groups excluding carboxylic acids is 1. The Hall–Kier alpha value is -1.87. The molecular formula is C14H19NO2. The molecule has 0 saturated heterocycles. The highest BCUT2D eigenvalue weighted by molar-refractivity contribution is 5.77. The predicted octanol–water partition coefficient (Wildman–Crippen LogP) is 0.606. The van der Waals surface area contributed by atoms with Crippen LogP contribution in [0, 0.1) is 6.92 Å². The van der Waals surface area contributed by atoms with E-state index in [1.165, 1.54) is 17.2 Å². The van der Waals surface area contributed by atoms with Gasteiger partial charge in [0.05, 0.1) is 12.5 Å². The number of quaternary nitrogens is 1. The lowest BCUT2D eigenvalue weighted by molar-refractivity contribution is -0.386. The van der Waals surface area contributed by atoms with Gasteiger partial charge < -0.3 is 15.6 Å². The molecule has 3 N–H and O–H groups in total. The summed E-state index contributed by atoms with van der Waals surface area (Å²) in [7, 11) is 0. The molecule has 0 heterocycles. The maximum Gasteiger partial charge on any atom is 0.0997 e. The number of carboxylic acid groups (broad SMARTS) is 1. The molecule has 0 aromatic heterocycles. The van der Waals surface area contributed by atoms with E-state index in [0.29, 0.717) is 0 Å². The molecule has 0 amide bonds. The summed E-state index contributed by atoms with van der Waals surface area (Å²) >= 11 is 0. The summed E-state index contributed by atoms with van der Waals surface area (Å²) in [6.07, 6.45) is 5.74. The molecule has 0 radical (unpaired) electrons. The summed E-state index contributed by atoms with van der Waals surface area (Å²) < 4.78 is 0. The first-order valence-corrected chi connectivity index (χ1v) is 5.45. The fraction of sp³-hybridized carbons (Fsp3) is 0.214. The third-order valence-electron chi connectivity index (χ3n) is 1.95. The summed E-state index contributed by atoms with van der Waals surface area (Å²) in [6.45, 7) is 4.78. The van der Waals surface area contributed by atoms with Crippen molar-refractivity contribution in [1.29, 1.82) is 0 Å². The normalized spacial score (nSPS) is 10.3. The number of allylic oxidation sites excluding steroid dienone is 3. The van der Waals surface area contributed by atoms with Crippen LogP contribution in [0.5, 0.6) is 0 Å². The molecule has 3 heteroatoms. The molecule has 0 aliphatic carbocycles. The molecular weight excluding hydrogens is 214 g/mol. The van der Waals surface area contributed by atoms with Crippen molar-refractivity contribution in [3.05, 3.63) is 59.7 Å². The van der Waals surface area contributed by atoms with E-state index < -0.39 is 5.97 Å². The molecule has 0 atom stereocenters. The average molecular weight is 233 g/mol.